The van der Waals surface area contributed by atoms with Crippen molar-refractivity contribution in [3.05, 3.63) is 75.8 Å². The summed E-state index contributed by atoms with van der Waals surface area (Å²) in [6.07, 6.45) is 0.919. The van der Waals surface area contributed by atoms with Gasteiger partial charge in [0.25, 0.3) is 5.56 Å². The second-order valence-corrected chi connectivity index (χ2v) is 9.02. The Morgan fingerprint density at radius 3 is 2.58 bits per heavy atom. The van der Waals surface area contributed by atoms with Gasteiger partial charge in [0.15, 0.2) is 5.82 Å². The second kappa shape index (κ2) is 10.5. The molecule has 0 amide bonds. The zero-order valence-corrected chi connectivity index (χ0v) is 20.6. The third kappa shape index (κ3) is 4.82. The quantitative estimate of drug-likeness (QED) is 0.388. The van der Waals surface area contributed by atoms with E-state index in [2.05, 4.69) is 43.3 Å². The maximum absolute atomic E-state index is 13.4. The van der Waals surface area contributed by atoms with Gasteiger partial charge in [0.1, 0.15) is 11.8 Å². The molecule has 36 heavy (non-hydrogen) atoms. The van der Waals surface area contributed by atoms with E-state index >= 15 is 0 Å². The van der Waals surface area contributed by atoms with Gasteiger partial charge in [-0.1, -0.05) is 13.0 Å². The van der Waals surface area contributed by atoms with Crippen molar-refractivity contribution in [1.29, 1.82) is 0 Å². The van der Waals surface area contributed by atoms with Crippen LogP contribution in [0.5, 0.6) is 5.75 Å². The number of H-pyrrole nitrogens is 1. The molecule has 1 fully saturated rings. The molecule has 4 aromatic rings. The van der Waals surface area contributed by atoms with Crippen LogP contribution in [0, 0.1) is 0 Å². The molecule has 0 radical (unpaired) electrons. The highest BCUT2D eigenvalue weighted by Gasteiger charge is 2.32. The Kier molecular flexibility index (Phi) is 6.97. The molecule has 0 bridgehead atoms. The molecule has 0 spiro atoms. The van der Waals surface area contributed by atoms with Crippen molar-refractivity contribution < 1.29 is 9.84 Å². The first-order valence-corrected chi connectivity index (χ1v) is 12.3. The molecule has 2 aromatic heterocycles. The highest BCUT2D eigenvalue weighted by atomic mass is 16.5. The van der Waals surface area contributed by atoms with Crippen molar-refractivity contribution in [2.75, 3.05) is 44.8 Å². The summed E-state index contributed by atoms with van der Waals surface area (Å²) in [6.45, 7) is 6.05. The van der Waals surface area contributed by atoms with E-state index in [9.17, 15) is 9.90 Å². The van der Waals surface area contributed by atoms with Crippen LogP contribution < -0.4 is 10.5 Å². The van der Waals surface area contributed by atoms with E-state index in [1.165, 1.54) is 5.56 Å². The zero-order valence-electron chi connectivity index (χ0n) is 20.6. The van der Waals surface area contributed by atoms with E-state index < -0.39 is 6.04 Å². The molecule has 2 N–H and O–H groups in total. The number of benzene rings is 2. The van der Waals surface area contributed by atoms with Crippen molar-refractivity contribution >= 4 is 16.6 Å². The number of aromatic amines is 1. The van der Waals surface area contributed by atoms with Gasteiger partial charge >= 0.3 is 0 Å². The van der Waals surface area contributed by atoms with Crippen molar-refractivity contribution in [2.45, 2.75) is 25.9 Å². The number of methoxy groups -OCH3 is 1. The second-order valence-electron chi connectivity index (χ2n) is 9.02. The van der Waals surface area contributed by atoms with Crippen molar-refractivity contribution in [3.8, 4) is 5.75 Å². The number of aromatic hydroxyl groups is 1. The minimum absolute atomic E-state index is 0.140. The molecule has 1 aliphatic heterocycles. The summed E-state index contributed by atoms with van der Waals surface area (Å²) in [4.78, 5) is 21.0. The highest BCUT2D eigenvalue weighted by molar-refractivity contribution is 5.80. The number of anilines is 1. The van der Waals surface area contributed by atoms with E-state index in [4.69, 9.17) is 4.74 Å². The number of aromatic nitrogens is 5. The van der Waals surface area contributed by atoms with Crippen LogP contribution in [-0.4, -0.2) is 75.1 Å². The maximum Gasteiger partial charge on any atom is 0.253 e. The van der Waals surface area contributed by atoms with Crippen LogP contribution in [0.4, 0.5) is 5.69 Å². The summed E-state index contributed by atoms with van der Waals surface area (Å²) in [6, 6.07) is 15.0. The van der Waals surface area contributed by atoms with Crippen LogP contribution in [0.25, 0.3) is 10.9 Å². The lowest BCUT2D eigenvalue weighted by molar-refractivity contribution is 0.171. The maximum atomic E-state index is 13.4. The lowest BCUT2D eigenvalue weighted by Crippen LogP contribution is -2.49. The molecule has 0 aliphatic carbocycles. The van der Waals surface area contributed by atoms with Gasteiger partial charge in [0.2, 0.25) is 0 Å². The Morgan fingerprint density at radius 1 is 1.08 bits per heavy atom. The van der Waals surface area contributed by atoms with Crippen molar-refractivity contribution in [3.63, 3.8) is 0 Å². The Morgan fingerprint density at radius 2 is 1.86 bits per heavy atom. The van der Waals surface area contributed by atoms with Crippen molar-refractivity contribution in [2.24, 2.45) is 0 Å². The number of hydrogen-bond acceptors (Lipinski definition) is 8. The zero-order chi connectivity index (χ0) is 25.1. The number of nitrogens with zero attached hydrogens (tertiary/aromatic N) is 6. The first-order valence-electron chi connectivity index (χ1n) is 12.3. The summed E-state index contributed by atoms with van der Waals surface area (Å²) in [7, 11) is 1.64. The van der Waals surface area contributed by atoms with Crippen molar-refractivity contribution in [1.82, 2.24) is 30.1 Å². The summed E-state index contributed by atoms with van der Waals surface area (Å²) < 4.78 is 6.99. The SMILES string of the molecule is CCc1ccc2[nH]c(=O)c(C(c3nnnn3CCOC)N3CCN(c4ccc(O)cc4)CC3)cc2c1. The molecule has 10 heteroatoms. The number of aryl methyl sites for hydroxylation is 1. The fraction of sp³-hybridized carbons (Fsp3) is 0.385. The molecule has 0 saturated carbocycles. The Balaban J connectivity index is 1.52. The third-order valence-electron chi connectivity index (χ3n) is 6.85. The van der Waals surface area contributed by atoms with Crippen LogP contribution in [-0.2, 0) is 17.7 Å². The minimum Gasteiger partial charge on any atom is -0.508 e. The van der Waals surface area contributed by atoms with Crippen LogP contribution in [0.3, 0.4) is 0 Å². The van der Waals surface area contributed by atoms with Gasteiger partial charge in [-0.3, -0.25) is 9.69 Å². The molecule has 5 rings (SSSR count). The predicted octanol–water partition coefficient (Wildman–Crippen LogP) is 2.34. The smallest absolute Gasteiger partial charge is 0.253 e. The lowest BCUT2D eigenvalue weighted by Gasteiger charge is -2.39. The average Bonchev–Trinajstić information content (AvgIpc) is 3.36. The number of piperazine rings is 1. The van der Waals surface area contributed by atoms with Gasteiger partial charge in [-0.05, 0) is 70.3 Å². The lowest BCUT2D eigenvalue weighted by atomic mass is 10.0. The topological polar surface area (TPSA) is 112 Å². The molecule has 1 saturated heterocycles. The molecule has 1 unspecified atom stereocenters. The number of ether oxygens (including phenoxy) is 1. The fourth-order valence-corrected chi connectivity index (χ4v) is 4.84. The van der Waals surface area contributed by atoms with Gasteiger partial charge in [0.05, 0.1) is 13.2 Å². The Labute approximate surface area is 209 Å². The molecular weight excluding hydrogens is 458 g/mol. The van der Waals surface area contributed by atoms with E-state index in [0.717, 1.165) is 49.2 Å². The van der Waals surface area contributed by atoms with Gasteiger partial charge in [-0.2, -0.15) is 0 Å². The van der Waals surface area contributed by atoms with Gasteiger partial charge in [-0.25, -0.2) is 4.68 Å². The van der Waals surface area contributed by atoms with Gasteiger partial charge < -0.3 is 19.7 Å². The van der Waals surface area contributed by atoms with Gasteiger partial charge in [-0.15, -0.1) is 5.10 Å². The first kappa shape index (κ1) is 24.0. The number of fused-ring (bicyclic) bond motifs is 1. The van der Waals surface area contributed by atoms with E-state index in [1.54, 1.807) is 23.9 Å². The summed E-state index contributed by atoms with van der Waals surface area (Å²) in [5.41, 5.74) is 3.58. The number of hydrogen-bond donors (Lipinski definition) is 2. The minimum atomic E-state index is -0.405. The molecule has 1 atom stereocenters. The summed E-state index contributed by atoms with van der Waals surface area (Å²) >= 11 is 0. The highest BCUT2D eigenvalue weighted by Crippen LogP contribution is 2.29. The predicted molar refractivity (Wildman–Crippen MR) is 137 cm³/mol. The molecule has 188 valence electrons. The molecule has 10 nitrogen and oxygen atoms in total. The Bertz CT molecular complexity index is 1370. The normalized spacial score (nSPS) is 15.4. The number of tetrazole rings is 1. The van der Waals surface area contributed by atoms with Crippen LogP contribution in [0.1, 0.15) is 29.9 Å². The molecular formula is C26H31N7O3. The average molecular weight is 490 g/mol. The van der Waals surface area contributed by atoms with E-state index in [-0.39, 0.29) is 11.3 Å². The molecule has 1 aliphatic rings. The largest absolute Gasteiger partial charge is 0.508 e. The number of rotatable bonds is 8. The van der Waals surface area contributed by atoms with E-state index in [1.807, 2.05) is 30.3 Å². The van der Waals surface area contributed by atoms with Gasteiger partial charge in [0, 0.05) is 50.1 Å². The number of phenolic OH excluding ortho intramolecular Hbond substituents is 1. The number of pyridine rings is 1. The summed E-state index contributed by atoms with van der Waals surface area (Å²) in [5, 5.41) is 23.1. The summed E-state index contributed by atoms with van der Waals surface area (Å²) in [5.74, 6) is 0.878. The number of phenols is 1. The van der Waals surface area contributed by atoms with Crippen LogP contribution >= 0.6 is 0 Å². The third-order valence-corrected chi connectivity index (χ3v) is 6.85. The molecule has 3 heterocycles. The fourth-order valence-electron chi connectivity index (χ4n) is 4.84. The van der Waals surface area contributed by atoms with Crippen LogP contribution in [0.2, 0.25) is 0 Å². The standard InChI is InChI=1S/C26H31N7O3/c1-3-18-4-9-23-19(16-18)17-22(26(35)27-23)24(25-28-29-30-33(25)14-15-36-2)32-12-10-31(11-13-32)20-5-7-21(34)8-6-20/h4-9,16-17,24,34H,3,10-15H2,1-2H3,(H,27,35). The monoisotopic (exact) mass is 489 g/mol. The molecule has 2 aromatic carbocycles. The van der Waals surface area contributed by atoms with Crippen LogP contribution in [0.15, 0.2) is 53.3 Å². The van der Waals surface area contributed by atoms with E-state index in [0.29, 0.717) is 24.5 Å². The first-order chi connectivity index (χ1) is 17.6. The number of nitrogens with one attached hydrogen (secondary N) is 1. The Hall–Kier alpha value is -3.76.